The summed E-state index contributed by atoms with van der Waals surface area (Å²) in [6.45, 7) is 8.00. The smallest absolute Gasteiger partial charge is 0.434 e. The first-order valence-electron chi connectivity index (χ1n) is 16.5. The Morgan fingerprint density at radius 3 is 2.75 bits per heavy atom. The third kappa shape index (κ3) is 6.18. The van der Waals surface area contributed by atoms with Crippen molar-refractivity contribution in [2.45, 2.75) is 63.8 Å². The summed E-state index contributed by atoms with van der Waals surface area (Å²) in [6, 6.07) is 11.1. The van der Waals surface area contributed by atoms with Crippen molar-refractivity contribution in [1.82, 2.24) is 24.8 Å². The van der Waals surface area contributed by atoms with E-state index < -0.39 is 23.1 Å². The van der Waals surface area contributed by atoms with Gasteiger partial charge in [-0.05, 0) is 58.0 Å². The molecule has 0 spiro atoms. The van der Waals surface area contributed by atoms with Crippen LogP contribution in [0.2, 0.25) is 5.02 Å². The molecule has 0 saturated carbocycles. The van der Waals surface area contributed by atoms with Gasteiger partial charge in [-0.3, -0.25) is 9.88 Å². The van der Waals surface area contributed by atoms with E-state index >= 15 is 4.39 Å². The lowest BCUT2D eigenvalue weighted by atomic mass is 9.95. The summed E-state index contributed by atoms with van der Waals surface area (Å²) < 4.78 is 44.9. The number of benzene rings is 2. The highest BCUT2D eigenvalue weighted by Gasteiger charge is 2.49. The number of carbonyl (C=O) groups excluding carboxylic acids is 1. The SMILES string of the molecule is C/[N+](=C/C1CCN(C(=O)OC(C)(C)C)C1)c1nc(OC[C@@]23CCCN2C[C@H](F)C3)nc2c(F)c(-c3cccc4cccc(Cl)c34)ncc12. The van der Waals surface area contributed by atoms with Crippen molar-refractivity contribution in [3.8, 4) is 17.3 Å². The maximum absolute atomic E-state index is 16.7. The van der Waals surface area contributed by atoms with Gasteiger partial charge >= 0.3 is 17.9 Å². The van der Waals surface area contributed by atoms with E-state index in [1.54, 1.807) is 23.2 Å². The largest absolute Gasteiger partial charge is 0.444 e. The van der Waals surface area contributed by atoms with E-state index in [4.69, 9.17) is 26.1 Å². The number of amides is 1. The highest BCUT2D eigenvalue weighted by Crippen LogP contribution is 2.41. The molecule has 3 atom stereocenters. The van der Waals surface area contributed by atoms with Crippen LogP contribution in [0.1, 0.15) is 46.5 Å². The van der Waals surface area contributed by atoms with Crippen LogP contribution in [0.3, 0.4) is 0 Å². The number of nitrogens with zero attached hydrogens (tertiary/aromatic N) is 6. The van der Waals surface area contributed by atoms with Crippen molar-refractivity contribution in [3.05, 3.63) is 53.4 Å². The fourth-order valence-electron chi connectivity index (χ4n) is 7.47. The number of pyridine rings is 1. The van der Waals surface area contributed by atoms with Crippen LogP contribution in [-0.2, 0) is 4.74 Å². The van der Waals surface area contributed by atoms with E-state index in [0.29, 0.717) is 53.2 Å². The van der Waals surface area contributed by atoms with Gasteiger partial charge in [0, 0.05) is 59.1 Å². The number of aromatic nitrogens is 3. The van der Waals surface area contributed by atoms with Crippen LogP contribution in [0.25, 0.3) is 32.9 Å². The minimum absolute atomic E-state index is 0.00934. The molecule has 0 bridgehead atoms. The predicted octanol–water partition coefficient (Wildman–Crippen LogP) is 7.19. The molecule has 9 nitrogen and oxygen atoms in total. The van der Waals surface area contributed by atoms with Gasteiger partial charge < -0.3 is 14.4 Å². The molecule has 1 amide bonds. The molecule has 0 aliphatic carbocycles. The lowest BCUT2D eigenvalue weighted by Gasteiger charge is -2.30. The molecule has 0 radical (unpaired) electrons. The van der Waals surface area contributed by atoms with Crippen LogP contribution < -0.4 is 4.74 Å². The maximum atomic E-state index is 16.7. The lowest BCUT2D eigenvalue weighted by Crippen LogP contribution is -2.43. The Morgan fingerprint density at radius 1 is 1.17 bits per heavy atom. The second-order valence-electron chi connectivity index (χ2n) is 14.3. The van der Waals surface area contributed by atoms with E-state index in [-0.39, 0.29) is 35.8 Å². The van der Waals surface area contributed by atoms with E-state index in [9.17, 15) is 9.18 Å². The Kier molecular flexibility index (Phi) is 8.48. The Bertz CT molecular complexity index is 1930. The van der Waals surface area contributed by atoms with Gasteiger partial charge in [0.1, 0.15) is 35.0 Å². The molecule has 252 valence electrons. The highest BCUT2D eigenvalue weighted by molar-refractivity contribution is 6.36. The van der Waals surface area contributed by atoms with Gasteiger partial charge in [0.05, 0.1) is 18.8 Å². The molecule has 12 heteroatoms. The Labute approximate surface area is 283 Å². The van der Waals surface area contributed by atoms with Gasteiger partial charge in [-0.1, -0.05) is 41.9 Å². The Balaban J connectivity index is 1.28. The van der Waals surface area contributed by atoms with E-state index in [1.807, 2.05) is 62.9 Å². The fraction of sp³-hybridized carbons (Fsp3) is 0.472. The van der Waals surface area contributed by atoms with Crippen LogP contribution >= 0.6 is 11.6 Å². The average molecular weight is 678 g/mol. The standard InChI is InChI=1S/C36H40ClF2N6O3/c1-35(2,3)48-34(46)44-15-12-22(19-44)18-43(4)32-26-17-40-30(25-10-5-8-23-9-6-11-27(37)28(23)25)29(39)31(26)41-33(42-32)47-21-36-13-7-14-45(36)20-24(38)16-36/h5-6,8-11,17-18,22,24H,7,12-16,19-21H2,1-4H3/q+1/b43-18-/t22?,24-,36+/m1/s1. The van der Waals surface area contributed by atoms with Gasteiger partial charge in [-0.25, -0.2) is 18.2 Å². The van der Waals surface area contributed by atoms with Gasteiger partial charge in [0.25, 0.3) is 0 Å². The third-order valence-electron chi connectivity index (χ3n) is 9.63. The summed E-state index contributed by atoms with van der Waals surface area (Å²) in [5.74, 6) is -0.197. The monoisotopic (exact) mass is 677 g/mol. The first-order valence-corrected chi connectivity index (χ1v) is 16.9. The molecule has 3 aliphatic rings. The molecule has 3 fully saturated rings. The molecule has 7 rings (SSSR count). The number of ether oxygens (including phenoxy) is 2. The van der Waals surface area contributed by atoms with Crippen LogP contribution in [-0.4, -0.2) is 98.8 Å². The quantitative estimate of drug-likeness (QED) is 0.158. The second kappa shape index (κ2) is 12.5. The molecule has 1 unspecified atom stereocenters. The number of hydrogen-bond donors (Lipinski definition) is 0. The molecule has 3 aliphatic heterocycles. The van der Waals surface area contributed by atoms with Crippen LogP contribution in [0, 0.1) is 11.7 Å². The first-order chi connectivity index (χ1) is 22.9. The minimum Gasteiger partial charge on any atom is -0.444 e. The van der Waals surface area contributed by atoms with Crippen LogP contribution in [0.15, 0.2) is 42.6 Å². The minimum atomic E-state index is -0.909. The summed E-state index contributed by atoms with van der Waals surface area (Å²) in [7, 11) is 1.83. The van der Waals surface area contributed by atoms with Crippen LogP contribution in [0.4, 0.5) is 19.4 Å². The van der Waals surface area contributed by atoms with Crippen molar-refractivity contribution in [3.63, 3.8) is 0 Å². The molecule has 0 N–H and O–H groups in total. The number of hydrogen-bond acceptors (Lipinski definition) is 7. The van der Waals surface area contributed by atoms with Gasteiger partial charge in [0.15, 0.2) is 5.82 Å². The molecule has 2 aromatic carbocycles. The lowest BCUT2D eigenvalue weighted by molar-refractivity contribution is -0.405. The van der Waals surface area contributed by atoms with Gasteiger partial charge in [0.2, 0.25) is 0 Å². The maximum Gasteiger partial charge on any atom is 0.434 e. The number of likely N-dealkylation sites (tertiary alicyclic amines) is 1. The zero-order valence-corrected chi connectivity index (χ0v) is 28.4. The molecular weight excluding hydrogens is 638 g/mol. The van der Waals surface area contributed by atoms with E-state index in [0.717, 1.165) is 31.2 Å². The summed E-state index contributed by atoms with van der Waals surface area (Å²) >= 11 is 6.60. The predicted molar refractivity (Wildman–Crippen MR) is 182 cm³/mol. The zero-order chi connectivity index (χ0) is 33.8. The Hall–Kier alpha value is -3.96. The number of halogens is 3. The van der Waals surface area contributed by atoms with Crippen molar-refractivity contribution in [1.29, 1.82) is 0 Å². The number of carbonyl (C=O) groups is 1. The van der Waals surface area contributed by atoms with E-state index in [1.165, 1.54) is 0 Å². The first kappa shape index (κ1) is 32.6. The zero-order valence-electron chi connectivity index (χ0n) is 27.7. The number of fused-ring (bicyclic) bond motifs is 3. The summed E-state index contributed by atoms with van der Waals surface area (Å²) in [6.07, 6.45) is 5.22. The molecular formula is C36H40ClF2N6O3+. The Morgan fingerprint density at radius 2 is 1.96 bits per heavy atom. The molecule has 3 saturated heterocycles. The third-order valence-corrected chi connectivity index (χ3v) is 9.94. The topological polar surface area (TPSA) is 83.7 Å². The number of rotatable bonds is 6. The van der Waals surface area contributed by atoms with Gasteiger partial charge in [-0.2, -0.15) is 4.98 Å². The number of alkyl halides is 1. The fourth-order valence-corrected chi connectivity index (χ4v) is 7.75. The molecule has 4 aromatic rings. The summed E-state index contributed by atoms with van der Waals surface area (Å²) in [5, 5.41) is 2.46. The van der Waals surface area contributed by atoms with E-state index in [2.05, 4.69) is 14.9 Å². The molecule has 5 heterocycles. The average Bonchev–Trinajstić information content (AvgIpc) is 3.74. The molecule has 2 aromatic heterocycles. The van der Waals surface area contributed by atoms with Crippen molar-refractivity contribution >= 4 is 51.4 Å². The van der Waals surface area contributed by atoms with Crippen molar-refractivity contribution in [2.75, 3.05) is 39.8 Å². The second-order valence-corrected chi connectivity index (χ2v) is 14.7. The highest BCUT2D eigenvalue weighted by atomic mass is 35.5. The summed E-state index contributed by atoms with van der Waals surface area (Å²) in [4.78, 5) is 30.5. The normalized spacial score (nSPS) is 23.3. The van der Waals surface area contributed by atoms with Crippen LogP contribution in [0.5, 0.6) is 6.01 Å². The van der Waals surface area contributed by atoms with Gasteiger partial charge in [-0.15, -0.1) is 0 Å². The van der Waals surface area contributed by atoms with Crippen molar-refractivity contribution < 1.29 is 27.6 Å². The summed E-state index contributed by atoms with van der Waals surface area (Å²) in [5.41, 5.74) is -0.288. The van der Waals surface area contributed by atoms with Crippen molar-refractivity contribution in [2.24, 2.45) is 5.92 Å². The molecule has 48 heavy (non-hydrogen) atoms.